The fraction of sp³-hybridized carbons (Fsp3) is 0.292. The van der Waals surface area contributed by atoms with Crippen LogP contribution in [0, 0.1) is 0 Å². The molecule has 2 aromatic rings. The number of hydrogen-bond donors (Lipinski definition) is 1. The molecule has 6 nitrogen and oxygen atoms in total. The molecular weight excluding hydrogens is 446 g/mol. The predicted octanol–water partition coefficient (Wildman–Crippen LogP) is 5.29. The SMILES string of the molecule is CCCCCOc1ccc(/C=C2\SC(=S)N([C@H](C(=O)O)c3ccccc3)C2=O)cc1OC. The maximum Gasteiger partial charge on any atom is 0.331 e. The number of thioether (sulfide) groups is 1. The number of carbonyl (C=O) groups is 2. The van der Waals surface area contributed by atoms with Gasteiger partial charge in [0.05, 0.1) is 18.6 Å². The fourth-order valence-electron chi connectivity index (χ4n) is 3.32. The van der Waals surface area contributed by atoms with Crippen LogP contribution in [0.1, 0.15) is 43.4 Å². The van der Waals surface area contributed by atoms with Crippen molar-refractivity contribution in [1.82, 2.24) is 4.90 Å². The number of methoxy groups -OCH3 is 1. The zero-order chi connectivity index (χ0) is 23.1. The van der Waals surface area contributed by atoms with E-state index in [9.17, 15) is 14.7 Å². The Morgan fingerprint density at radius 1 is 1.19 bits per heavy atom. The van der Waals surface area contributed by atoms with Gasteiger partial charge >= 0.3 is 5.97 Å². The van der Waals surface area contributed by atoms with Crippen molar-refractivity contribution in [2.24, 2.45) is 0 Å². The molecule has 1 fully saturated rings. The van der Waals surface area contributed by atoms with Gasteiger partial charge in [-0.1, -0.05) is 80.1 Å². The summed E-state index contributed by atoms with van der Waals surface area (Å²) in [4.78, 5) is 26.6. The number of rotatable bonds is 10. The number of carbonyl (C=O) groups excluding carboxylic acids is 1. The van der Waals surface area contributed by atoms with Gasteiger partial charge < -0.3 is 14.6 Å². The van der Waals surface area contributed by atoms with Gasteiger partial charge in [0, 0.05) is 0 Å². The molecular formula is C24H25NO5S2. The highest BCUT2D eigenvalue weighted by Crippen LogP contribution is 2.39. The molecule has 168 valence electrons. The Balaban J connectivity index is 1.83. The van der Waals surface area contributed by atoms with Gasteiger partial charge in [0.25, 0.3) is 5.91 Å². The molecule has 1 heterocycles. The van der Waals surface area contributed by atoms with Gasteiger partial charge in [0.2, 0.25) is 0 Å². The van der Waals surface area contributed by atoms with Gasteiger partial charge in [0.1, 0.15) is 4.32 Å². The van der Waals surface area contributed by atoms with Crippen LogP contribution in [-0.2, 0) is 9.59 Å². The van der Waals surface area contributed by atoms with E-state index in [1.165, 1.54) is 0 Å². The Hall–Kier alpha value is -2.84. The fourth-order valence-corrected chi connectivity index (χ4v) is 4.63. The van der Waals surface area contributed by atoms with E-state index in [2.05, 4.69) is 6.92 Å². The standard InChI is InChI=1S/C24H25NO5S2/c1-3-4-8-13-30-18-12-11-16(14-19(18)29-2)15-20-22(26)25(24(31)32-20)21(23(27)28)17-9-6-5-7-10-17/h5-7,9-12,14-15,21H,3-4,8,13H2,1-2H3,(H,27,28)/b20-15-/t21-/m0/s1. The minimum absolute atomic E-state index is 0.209. The molecule has 0 aromatic heterocycles. The lowest BCUT2D eigenvalue weighted by Gasteiger charge is -2.23. The highest BCUT2D eigenvalue weighted by Gasteiger charge is 2.41. The molecule has 1 atom stereocenters. The first-order valence-corrected chi connectivity index (χ1v) is 11.5. The van der Waals surface area contributed by atoms with Crippen molar-refractivity contribution >= 4 is 46.3 Å². The van der Waals surface area contributed by atoms with E-state index in [1.54, 1.807) is 55.7 Å². The minimum atomic E-state index is -1.18. The monoisotopic (exact) mass is 471 g/mol. The van der Waals surface area contributed by atoms with Crippen LogP contribution in [0.15, 0.2) is 53.4 Å². The molecule has 0 radical (unpaired) electrons. The van der Waals surface area contributed by atoms with Crippen LogP contribution < -0.4 is 9.47 Å². The molecule has 1 aliphatic rings. The minimum Gasteiger partial charge on any atom is -0.493 e. The van der Waals surface area contributed by atoms with Crippen LogP contribution >= 0.6 is 24.0 Å². The second-order valence-corrected chi connectivity index (χ2v) is 8.84. The molecule has 1 amide bonds. The summed E-state index contributed by atoms with van der Waals surface area (Å²) < 4.78 is 11.5. The molecule has 0 saturated carbocycles. The molecule has 1 N–H and O–H groups in total. The number of unbranched alkanes of at least 4 members (excludes halogenated alkanes) is 2. The van der Waals surface area contributed by atoms with Gasteiger partial charge in [-0.15, -0.1) is 0 Å². The smallest absolute Gasteiger partial charge is 0.331 e. The molecule has 3 rings (SSSR count). The summed E-state index contributed by atoms with van der Waals surface area (Å²) in [7, 11) is 1.56. The number of amides is 1. The summed E-state index contributed by atoms with van der Waals surface area (Å²) in [6, 6.07) is 12.8. The molecule has 32 heavy (non-hydrogen) atoms. The highest BCUT2D eigenvalue weighted by atomic mass is 32.2. The van der Waals surface area contributed by atoms with Crippen LogP contribution in [-0.4, -0.2) is 39.9 Å². The van der Waals surface area contributed by atoms with Crippen LogP contribution in [0.3, 0.4) is 0 Å². The number of ether oxygens (including phenoxy) is 2. The number of carboxylic acid groups (broad SMARTS) is 1. The van der Waals surface area contributed by atoms with Gasteiger partial charge in [-0.3, -0.25) is 9.69 Å². The first kappa shape index (κ1) is 23.8. The summed E-state index contributed by atoms with van der Waals surface area (Å²) in [5, 5.41) is 9.79. The molecule has 0 aliphatic carbocycles. The number of hydrogen-bond acceptors (Lipinski definition) is 6. The summed E-state index contributed by atoms with van der Waals surface area (Å²) in [6.07, 6.45) is 4.87. The van der Waals surface area contributed by atoms with Crippen LogP contribution in [0.5, 0.6) is 11.5 Å². The highest BCUT2D eigenvalue weighted by molar-refractivity contribution is 8.26. The first-order chi connectivity index (χ1) is 15.5. The zero-order valence-electron chi connectivity index (χ0n) is 17.9. The molecule has 1 aliphatic heterocycles. The third kappa shape index (κ3) is 5.49. The third-order valence-corrected chi connectivity index (χ3v) is 6.25. The Morgan fingerprint density at radius 2 is 1.94 bits per heavy atom. The largest absolute Gasteiger partial charge is 0.493 e. The Bertz CT molecular complexity index is 1020. The van der Waals surface area contributed by atoms with E-state index in [1.807, 2.05) is 6.07 Å². The molecule has 0 bridgehead atoms. The molecule has 0 unspecified atom stereocenters. The van der Waals surface area contributed by atoms with Gasteiger partial charge in [-0.2, -0.15) is 0 Å². The van der Waals surface area contributed by atoms with Gasteiger partial charge in [-0.05, 0) is 35.8 Å². The first-order valence-electron chi connectivity index (χ1n) is 10.3. The lowest BCUT2D eigenvalue weighted by atomic mass is 10.1. The van der Waals surface area contributed by atoms with Crippen LogP contribution in [0.4, 0.5) is 0 Å². The van der Waals surface area contributed by atoms with E-state index in [-0.39, 0.29) is 4.32 Å². The average Bonchev–Trinajstić information content (AvgIpc) is 3.06. The maximum absolute atomic E-state index is 13.1. The summed E-state index contributed by atoms with van der Waals surface area (Å²) in [5.41, 5.74) is 1.22. The average molecular weight is 472 g/mol. The van der Waals surface area contributed by atoms with E-state index in [4.69, 9.17) is 21.7 Å². The Labute approximate surface area is 197 Å². The topological polar surface area (TPSA) is 76.1 Å². The Morgan fingerprint density at radius 3 is 2.59 bits per heavy atom. The van der Waals surface area contributed by atoms with E-state index < -0.39 is 17.9 Å². The normalized spacial score (nSPS) is 15.8. The predicted molar refractivity (Wildman–Crippen MR) is 130 cm³/mol. The number of nitrogens with zero attached hydrogens (tertiary/aromatic N) is 1. The van der Waals surface area contributed by atoms with Gasteiger partial charge in [-0.25, -0.2) is 4.79 Å². The number of aliphatic carboxylic acids is 1. The van der Waals surface area contributed by atoms with E-state index in [0.29, 0.717) is 28.6 Å². The van der Waals surface area contributed by atoms with Crippen molar-refractivity contribution in [2.45, 2.75) is 32.2 Å². The quantitative estimate of drug-likeness (QED) is 0.287. The maximum atomic E-state index is 13.1. The van der Waals surface area contributed by atoms with Gasteiger partial charge in [0.15, 0.2) is 17.5 Å². The molecule has 1 saturated heterocycles. The third-order valence-electron chi connectivity index (χ3n) is 4.92. The van der Waals surface area contributed by atoms with Crippen LogP contribution in [0.2, 0.25) is 0 Å². The van der Waals surface area contributed by atoms with Crippen molar-refractivity contribution in [2.75, 3.05) is 13.7 Å². The second-order valence-electron chi connectivity index (χ2n) is 7.17. The number of carboxylic acids is 1. The summed E-state index contributed by atoms with van der Waals surface area (Å²) in [5.74, 6) is -0.364. The molecule has 8 heteroatoms. The lowest BCUT2D eigenvalue weighted by Crippen LogP contribution is -2.37. The van der Waals surface area contributed by atoms with Crippen LogP contribution in [0.25, 0.3) is 6.08 Å². The van der Waals surface area contributed by atoms with Crippen molar-refractivity contribution in [3.8, 4) is 11.5 Å². The molecule has 2 aromatic carbocycles. The Kier molecular flexibility index (Phi) is 8.30. The van der Waals surface area contributed by atoms with E-state index >= 15 is 0 Å². The lowest BCUT2D eigenvalue weighted by molar-refractivity contribution is -0.145. The zero-order valence-corrected chi connectivity index (χ0v) is 19.6. The second kappa shape index (κ2) is 11.2. The van der Waals surface area contributed by atoms with E-state index in [0.717, 1.165) is 41.5 Å². The number of thiocarbonyl (C=S) groups is 1. The van der Waals surface area contributed by atoms with Crippen molar-refractivity contribution < 1.29 is 24.2 Å². The van der Waals surface area contributed by atoms with Crippen molar-refractivity contribution in [3.63, 3.8) is 0 Å². The molecule has 0 spiro atoms. The van der Waals surface area contributed by atoms with Crippen molar-refractivity contribution in [1.29, 1.82) is 0 Å². The summed E-state index contributed by atoms with van der Waals surface area (Å²) in [6.45, 7) is 2.74. The number of benzene rings is 2. The van der Waals surface area contributed by atoms with Crippen molar-refractivity contribution in [3.05, 3.63) is 64.6 Å². The summed E-state index contributed by atoms with van der Waals surface area (Å²) >= 11 is 6.45.